The highest BCUT2D eigenvalue weighted by molar-refractivity contribution is 5.97. The molecule has 0 N–H and O–H groups in total. The zero-order valence-electron chi connectivity index (χ0n) is 11.7. The van der Waals surface area contributed by atoms with Crippen molar-refractivity contribution in [3.63, 3.8) is 0 Å². The van der Waals surface area contributed by atoms with E-state index in [9.17, 15) is 9.59 Å². The van der Waals surface area contributed by atoms with Gasteiger partial charge in [0.1, 0.15) is 18.1 Å². The smallest absolute Gasteiger partial charge is 0.306 e. The number of rotatable bonds is 7. The van der Waals surface area contributed by atoms with E-state index in [0.717, 1.165) is 0 Å². The van der Waals surface area contributed by atoms with Gasteiger partial charge in [-0.25, -0.2) is 0 Å². The van der Waals surface area contributed by atoms with Crippen molar-refractivity contribution in [1.82, 2.24) is 0 Å². The average Bonchev–Trinajstić information content (AvgIpc) is 3.04. The van der Waals surface area contributed by atoms with Gasteiger partial charge in [0.05, 0.1) is 19.8 Å². The van der Waals surface area contributed by atoms with Crippen molar-refractivity contribution in [3.8, 4) is 5.75 Å². The van der Waals surface area contributed by atoms with Crippen LogP contribution in [0.1, 0.15) is 29.0 Å². The summed E-state index contributed by atoms with van der Waals surface area (Å²) in [5.74, 6) is 0.732. The van der Waals surface area contributed by atoms with Gasteiger partial charge in [0, 0.05) is 12.0 Å². The molecule has 2 aromatic rings. The van der Waals surface area contributed by atoms with E-state index < -0.39 is 5.97 Å². The first kappa shape index (κ1) is 14.8. The number of hydrogen-bond donors (Lipinski definition) is 0. The van der Waals surface area contributed by atoms with Gasteiger partial charge >= 0.3 is 5.97 Å². The molecular weight excluding hydrogens is 272 g/mol. The van der Waals surface area contributed by atoms with Gasteiger partial charge < -0.3 is 13.9 Å². The van der Waals surface area contributed by atoms with Crippen molar-refractivity contribution in [1.29, 1.82) is 0 Å². The van der Waals surface area contributed by atoms with Crippen LogP contribution in [-0.2, 0) is 16.1 Å². The Labute approximate surface area is 122 Å². The van der Waals surface area contributed by atoms with Crippen LogP contribution in [0, 0.1) is 0 Å². The summed E-state index contributed by atoms with van der Waals surface area (Å²) in [4.78, 5) is 23.5. The van der Waals surface area contributed by atoms with Gasteiger partial charge in [-0.3, -0.25) is 9.59 Å². The van der Waals surface area contributed by atoms with Crippen LogP contribution in [-0.4, -0.2) is 18.9 Å². The Morgan fingerprint density at radius 3 is 2.48 bits per heavy atom. The summed E-state index contributed by atoms with van der Waals surface area (Å²) in [6, 6.07) is 10.2. The molecule has 0 aliphatic heterocycles. The maximum atomic E-state index is 11.9. The van der Waals surface area contributed by atoms with E-state index in [-0.39, 0.29) is 25.2 Å². The van der Waals surface area contributed by atoms with E-state index in [1.54, 1.807) is 43.5 Å². The summed E-state index contributed by atoms with van der Waals surface area (Å²) in [7, 11) is 1.56. The van der Waals surface area contributed by atoms with E-state index in [1.165, 1.54) is 6.26 Å². The van der Waals surface area contributed by atoms with E-state index in [4.69, 9.17) is 13.9 Å². The summed E-state index contributed by atoms with van der Waals surface area (Å²) in [5, 5.41) is 0. The summed E-state index contributed by atoms with van der Waals surface area (Å²) in [6.45, 7) is 0.0859. The number of ether oxygens (including phenoxy) is 2. The molecule has 0 saturated heterocycles. The number of carbonyl (C=O) groups excluding carboxylic acids is 2. The Morgan fingerprint density at radius 2 is 1.86 bits per heavy atom. The van der Waals surface area contributed by atoms with Gasteiger partial charge in [0.15, 0.2) is 5.78 Å². The van der Waals surface area contributed by atoms with Crippen molar-refractivity contribution in [3.05, 3.63) is 54.0 Å². The molecule has 0 amide bonds. The monoisotopic (exact) mass is 288 g/mol. The Morgan fingerprint density at radius 1 is 1.10 bits per heavy atom. The van der Waals surface area contributed by atoms with Gasteiger partial charge in [0.2, 0.25) is 0 Å². The Hall–Kier alpha value is -2.56. The van der Waals surface area contributed by atoms with Crippen molar-refractivity contribution in [2.45, 2.75) is 19.4 Å². The molecule has 1 heterocycles. The predicted octanol–water partition coefficient (Wildman–Crippen LogP) is 2.99. The molecule has 0 bridgehead atoms. The highest BCUT2D eigenvalue weighted by Gasteiger charge is 2.11. The van der Waals surface area contributed by atoms with Crippen LogP contribution >= 0.6 is 0 Å². The van der Waals surface area contributed by atoms with Crippen molar-refractivity contribution < 1.29 is 23.5 Å². The van der Waals surface area contributed by atoms with E-state index in [2.05, 4.69) is 0 Å². The number of carbonyl (C=O) groups is 2. The lowest BCUT2D eigenvalue weighted by Crippen LogP contribution is -2.08. The average molecular weight is 288 g/mol. The van der Waals surface area contributed by atoms with E-state index >= 15 is 0 Å². The number of hydrogen-bond acceptors (Lipinski definition) is 5. The second-order valence-electron chi connectivity index (χ2n) is 4.39. The molecule has 0 unspecified atom stereocenters. The van der Waals surface area contributed by atoms with Crippen molar-refractivity contribution in [2.75, 3.05) is 7.11 Å². The maximum Gasteiger partial charge on any atom is 0.306 e. The molecule has 0 atom stereocenters. The fraction of sp³-hybridized carbons (Fsp3) is 0.250. The second-order valence-corrected chi connectivity index (χ2v) is 4.39. The molecule has 110 valence electrons. The van der Waals surface area contributed by atoms with Gasteiger partial charge in [-0.05, 0) is 36.4 Å². The molecule has 0 spiro atoms. The van der Waals surface area contributed by atoms with Crippen LogP contribution < -0.4 is 4.74 Å². The Kier molecular flexibility index (Phi) is 5.15. The molecule has 5 heteroatoms. The third-order valence-electron chi connectivity index (χ3n) is 2.92. The fourth-order valence-electron chi connectivity index (χ4n) is 1.76. The molecule has 1 aromatic carbocycles. The maximum absolute atomic E-state index is 11.9. The SMILES string of the molecule is COc1ccc(C(=O)CCC(=O)OCc2ccco2)cc1. The highest BCUT2D eigenvalue weighted by Crippen LogP contribution is 2.13. The van der Waals surface area contributed by atoms with E-state index in [0.29, 0.717) is 17.1 Å². The van der Waals surface area contributed by atoms with Crippen LogP contribution in [0.25, 0.3) is 0 Å². The number of benzene rings is 1. The number of ketones is 1. The third-order valence-corrected chi connectivity index (χ3v) is 2.92. The summed E-state index contributed by atoms with van der Waals surface area (Å²) >= 11 is 0. The first-order chi connectivity index (χ1) is 10.2. The highest BCUT2D eigenvalue weighted by atomic mass is 16.5. The molecule has 2 rings (SSSR count). The van der Waals surface area contributed by atoms with Gasteiger partial charge in [0.25, 0.3) is 0 Å². The summed E-state index contributed by atoms with van der Waals surface area (Å²) in [6.07, 6.45) is 1.67. The normalized spacial score (nSPS) is 10.1. The lowest BCUT2D eigenvalue weighted by atomic mass is 10.1. The Balaban J connectivity index is 1.76. The molecule has 0 radical (unpaired) electrons. The number of esters is 1. The molecule has 5 nitrogen and oxygen atoms in total. The number of Topliss-reactive ketones (excluding diaryl/α,β-unsaturated/α-hetero) is 1. The minimum Gasteiger partial charge on any atom is -0.497 e. The number of methoxy groups -OCH3 is 1. The predicted molar refractivity (Wildman–Crippen MR) is 75.1 cm³/mol. The molecular formula is C16H16O5. The molecule has 0 aliphatic carbocycles. The first-order valence-corrected chi connectivity index (χ1v) is 6.54. The molecule has 0 fully saturated rings. The lowest BCUT2D eigenvalue weighted by Gasteiger charge is -2.04. The first-order valence-electron chi connectivity index (χ1n) is 6.54. The minimum atomic E-state index is -0.423. The third kappa shape index (κ3) is 4.49. The summed E-state index contributed by atoms with van der Waals surface area (Å²) < 4.78 is 15.1. The van der Waals surface area contributed by atoms with Gasteiger partial charge in [-0.2, -0.15) is 0 Å². The molecule has 21 heavy (non-hydrogen) atoms. The standard InChI is InChI=1S/C16H16O5/c1-19-13-6-4-12(5-7-13)15(17)8-9-16(18)21-11-14-3-2-10-20-14/h2-7,10H,8-9,11H2,1H3. The van der Waals surface area contributed by atoms with E-state index in [1.807, 2.05) is 0 Å². The van der Waals surface area contributed by atoms with Crippen LogP contribution in [0.3, 0.4) is 0 Å². The minimum absolute atomic E-state index is 0.0472. The van der Waals surface area contributed by atoms with Gasteiger partial charge in [-0.1, -0.05) is 0 Å². The van der Waals surface area contributed by atoms with Crippen LogP contribution in [0.4, 0.5) is 0 Å². The Bertz CT molecular complexity index is 584. The van der Waals surface area contributed by atoms with Crippen LogP contribution in [0.5, 0.6) is 5.75 Å². The largest absolute Gasteiger partial charge is 0.497 e. The topological polar surface area (TPSA) is 65.7 Å². The van der Waals surface area contributed by atoms with Crippen LogP contribution in [0.2, 0.25) is 0 Å². The van der Waals surface area contributed by atoms with Crippen LogP contribution in [0.15, 0.2) is 47.1 Å². The molecule has 1 aromatic heterocycles. The quantitative estimate of drug-likeness (QED) is 0.579. The van der Waals surface area contributed by atoms with Gasteiger partial charge in [-0.15, -0.1) is 0 Å². The zero-order valence-corrected chi connectivity index (χ0v) is 11.7. The second kappa shape index (κ2) is 7.28. The van der Waals surface area contributed by atoms with Crippen molar-refractivity contribution in [2.24, 2.45) is 0 Å². The zero-order chi connectivity index (χ0) is 15.1. The number of furan rings is 1. The molecule has 0 saturated carbocycles. The fourth-order valence-corrected chi connectivity index (χ4v) is 1.76. The van der Waals surface area contributed by atoms with Crippen molar-refractivity contribution >= 4 is 11.8 Å². The lowest BCUT2D eigenvalue weighted by molar-refractivity contribution is -0.145. The summed E-state index contributed by atoms with van der Waals surface area (Å²) in [5.41, 5.74) is 0.551. The molecule has 0 aliphatic rings.